The lowest BCUT2D eigenvalue weighted by Gasteiger charge is -2.24. The maximum atomic E-state index is 13.1. The molecule has 2 atom stereocenters. The molecule has 2 aromatic carbocycles. The standard InChI is InChI=1S/C25H26N4O5/c1-3-16(2)21(25(33)29-28-22(30)17-10-5-4-6-11-17)27-23(31)18-12-7-8-13-19(18)26-24(32)20-14-9-15-34-20/h4-16,21H,3H2,1-2H3,(H,26,32)(H,27,31)(H,28,30)(H,29,33)/t16-,21+/m1/s1. The predicted molar refractivity (Wildman–Crippen MR) is 126 cm³/mol. The van der Waals surface area contributed by atoms with Crippen molar-refractivity contribution >= 4 is 29.3 Å². The van der Waals surface area contributed by atoms with Crippen LogP contribution in [-0.4, -0.2) is 29.7 Å². The van der Waals surface area contributed by atoms with Crippen LogP contribution in [0.4, 0.5) is 5.69 Å². The number of benzene rings is 2. The molecule has 4 N–H and O–H groups in total. The highest BCUT2D eigenvalue weighted by Gasteiger charge is 2.28. The topological polar surface area (TPSA) is 130 Å². The van der Waals surface area contributed by atoms with E-state index in [0.717, 1.165) is 0 Å². The van der Waals surface area contributed by atoms with E-state index in [0.29, 0.717) is 12.0 Å². The van der Waals surface area contributed by atoms with E-state index in [1.54, 1.807) is 54.6 Å². The third-order valence-electron chi connectivity index (χ3n) is 5.28. The quantitative estimate of drug-likeness (QED) is 0.382. The summed E-state index contributed by atoms with van der Waals surface area (Å²) in [4.78, 5) is 50.5. The van der Waals surface area contributed by atoms with Crippen molar-refractivity contribution in [1.29, 1.82) is 0 Å². The molecule has 4 amide bonds. The summed E-state index contributed by atoms with van der Waals surface area (Å²) < 4.78 is 5.09. The third kappa shape index (κ3) is 6.10. The first-order valence-corrected chi connectivity index (χ1v) is 10.8. The van der Waals surface area contributed by atoms with Gasteiger partial charge in [-0.2, -0.15) is 0 Å². The minimum Gasteiger partial charge on any atom is -0.459 e. The van der Waals surface area contributed by atoms with Crippen LogP contribution in [0.2, 0.25) is 0 Å². The molecule has 0 radical (unpaired) electrons. The highest BCUT2D eigenvalue weighted by atomic mass is 16.3. The second kappa shape index (κ2) is 11.5. The van der Waals surface area contributed by atoms with Crippen LogP contribution in [0.3, 0.4) is 0 Å². The number of anilines is 1. The normalized spacial score (nSPS) is 12.2. The monoisotopic (exact) mass is 462 g/mol. The van der Waals surface area contributed by atoms with E-state index in [1.807, 2.05) is 13.8 Å². The fraction of sp³-hybridized carbons (Fsp3) is 0.200. The molecule has 0 bridgehead atoms. The van der Waals surface area contributed by atoms with Crippen molar-refractivity contribution in [2.24, 2.45) is 5.92 Å². The number of furan rings is 1. The second-order valence-corrected chi connectivity index (χ2v) is 7.62. The minimum absolute atomic E-state index is 0.0984. The SMILES string of the molecule is CC[C@@H](C)[C@H](NC(=O)c1ccccc1NC(=O)c1ccco1)C(=O)NNC(=O)c1ccccc1. The van der Waals surface area contributed by atoms with Crippen molar-refractivity contribution in [2.45, 2.75) is 26.3 Å². The molecule has 3 rings (SSSR count). The molecule has 0 saturated heterocycles. The fourth-order valence-corrected chi connectivity index (χ4v) is 3.16. The summed E-state index contributed by atoms with van der Waals surface area (Å²) in [5, 5.41) is 5.37. The van der Waals surface area contributed by atoms with Crippen LogP contribution >= 0.6 is 0 Å². The largest absolute Gasteiger partial charge is 0.459 e. The van der Waals surface area contributed by atoms with Gasteiger partial charge in [-0.25, -0.2) is 0 Å². The lowest BCUT2D eigenvalue weighted by molar-refractivity contribution is -0.124. The number of hydrazine groups is 1. The summed E-state index contributed by atoms with van der Waals surface area (Å²) in [6.07, 6.45) is 1.97. The van der Waals surface area contributed by atoms with Crippen LogP contribution in [0.1, 0.15) is 51.5 Å². The van der Waals surface area contributed by atoms with Crippen molar-refractivity contribution in [3.8, 4) is 0 Å². The molecule has 9 nitrogen and oxygen atoms in total. The van der Waals surface area contributed by atoms with Crippen LogP contribution in [0.25, 0.3) is 0 Å². The molecule has 1 heterocycles. The summed E-state index contributed by atoms with van der Waals surface area (Å²) >= 11 is 0. The van der Waals surface area contributed by atoms with Gasteiger partial charge in [-0.1, -0.05) is 50.6 Å². The summed E-state index contributed by atoms with van der Waals surface area (Å²) in [6.45, 7) is 3.70. The van der Waals surface area contributed by atoms with Crippen LogP contribution in [0, 0.1) is 5.92 Å². The van der Waals surface area contributed by atoms with Crippen molar-refractivity contribution in [2.75, 3.05) is 5.32 Å². The average Bonchev–Trinajstić information content (AvgIpc) is 3.41. The maximum Gasteiger partial charge on any atom is 0.291 e. The van der Waals surface area contributed by atoms with Crippen LogP contribution in [0.5, 0.6) is 0 Å². The average molecular weight is 463 g/mol. The van der Waals surface area contributed by atoms with Gasteiger partial charge in [-0.3, -0.25) is 30.0 Å². The van der Waals surface area contributed by atoms with Gasteiger partial charge in [0, 0.05) is 5.56 Å². The van der Waals surface area contributed by atoms with E-state index >= 15 is 0 Å². The van der Waals surface area contributed by atoms with Crippen LogP contribution in [0.15, 0.2) is 77.4 Å². The molecular weight excluding hydrogens is 436 g/mol. The highest BCUT2D eigenvalue weighted by Crippen LogP contribution is 2.18. The maximum absolute atomic E-state index is 13.1. The predicted octanol–water partition coefficient (Wildman–Crippen LogP) is 3.14. The number of carbonyl (C=O) groups is 4. The zero-order valence-corrected chi connectivity index (χ0v) is 18.8. The summed E-state index contributed by atoms with van der Waals surface area (Å²) in [5.41, 5.74) is 5.58. The molecule has 0 aliphatic rings. The van der Waals surface area contributed by atoms with Crippen molar-refractivity contribution in [3.63, 3.8) is 0 Å². The Hall–Kier alpha value is -4.40. The lowest BCUT2D eigenvalue weighted by atomic mass is 9.98. The number of carbonyl (C=O) groups excluding carboxylic acids is 4. The molecule has 176 valence electrons. The minimum atomic E-state index is -0.928. The van der Waals surface area contributed by atoms with Gasteiger partial charge < -0.3 is 15.1 Å². The van der Waals surface area contributed by atoms with E-state index in [1.165, 1.54) is 18.4 Å². The number of nitrogens with one attached hydrogen (secondary N) is 4. The van der Waals surface area contributed by atoms with E-state index < -0.39 is 29.7 Å². The first-order valence-electron chi connectivity index (χ1n) is 10.8. The molecule has 34 heavy (non-hydrogen) atoms. The first-order chi connectivity index (χ1) is 16.4. The molecule has 0 aliphatic heterocycles. The van der Waals surface area contributed by atoms with Crippen LogP contribution in [-0.2, 0) is 4.79 Å². The first kappa shape index (κ1) is 24.2. The van der Waals surface area contributed by atoms with Gasteiger partial charge in [0.05, 0.1) is 17.5 Å². The van der Waals surface area contributed by atoms with Crippen molar-refractivity contribution in [3.05, 3.63) is 89.9 Å². The second-order valence-electron chi connectivity index (χ2n) is 7.62. The molecule has 0 spiro atoms. The number of rotatable bonds is 8. The van der Waals surface area contributed by atoms with Gasteiger partial charge in [0.1, 0.15) is 6.04 Å². The van der Waals surface area contributed by atoms with Crippen molar-refractivity contribution < 1.29 is 23.6 Å². The van der Waals surface area contributed by atoms with Gasteiger partial charge in [0.15, 0.2) is 5.76 Å². The van der Waals surface area contributed by atoms with Gasteiger partial charge in [-0.15, -0.1) is 0 Å². The molecule has 0 unspecified atom stereocenters. The van der Waals surface area contributed by atoms with Crippen LogP contribution < -0.4 is 21.5 Å². The van der Waals surface area contributed by atoms with E-state index in [4.69, 9.17) is 4.42 Å². The number of para-hydroxylation sites is 1. The summed E-state index contributed by atoms with van der Waals surface area (Å²) in [6, 6.07) is 17.0. The zero-order valence-electron chi connectivity index (χ0n) is 18.8. The molecule has 9 heteroatoms. The summed E-state index contributed by atoms with van der Waals surface area (Å²) in [7, 11) is 0. The number of hydrogen-bond acceptors (Lipinski definition) is 5. The zero-order chi connectivity index (χ0) is 24.5. The third-order valence-corrected chi connectivity index (χ3v) is 5.28. The smallest absolute Gasteiger partial charge is 0.291 e. The molecule has 0 aliphatic carbocycles. The Balaban J connectivity index is 1.70. The number of hydrogen-bond donors (Lipinski definition) is 4. The molecule has 0 saturated carbocycles. The Morgan fingerprint density at radius 2 is 1.53 bits per heavy atom. The molecule has 0 fully saturated rings. The molecular formula is C25H26N4O5. The van der Waals surface area contributed by atoms with E-state index in [-0.39, 0.29) is 22.9 Å². The Kier molecular flexibility index (Phi) is 8.17. The number of amides is 4. The van der Waals surface area contributed by atoms with E-state index in [9.17, 15) is 19.2 Å². The lowest BCUT2D eigenvalue weighted by Crippen LogP contribution is -2.54. The molecule has 1 aromatic heterocycles. The Morgan fingerprint density at radius 3 is 2.21 bits per heavy atom. The van der Waals surface area contributed by atoms with Crippen molar-refractivity contribution in [1.82, 2.24) is 16.2 Å². The van der Waals surface area contributed by atoms with Gasteiger partial charge in [0.2, 0.25) is 0 Å². The van der Waals surface area contributed by atoms with E-state index in [2.05, 4.69) is 21.5 Å². The molecule has 3 aromatic rings. The Bertz CT molecular complexity index is 1150. The Morgan fingerprint density at radius 1 is 0.824 bits per heavy atom. The Labute approximate surface area is 196 Å². The van der Waals surface area contributed by atoms with Gasteiger partial charge in [-0.05, 0) is 42.3 Å². The highest BCUT2D eigenvalue weighted by molar-refractivity contribution is 6.08. The van der Waals surface area contributed by atoms with Gasteiger partial charge in [0.25, 0.3) is 23.6 Å². The van der Waals surface area contributed by atoms with Gasteiger partial charge >= 0.3 is 0 Å². The fourth-order valence-electron chi connectivity index (χ4n) is 3.16. The summed E-state index contributed by atoms with van der Waals surface area (Å²) in [5.74, 6) is -2.24.